The summed E-state index contributed by atoms with van der Waals surface area (Å²) in [5.74, 6) is 0.0142. The number of hydrogen-bond donors (Lipinski definition) is 1. The molecule has 1 aromatic carbocycles. The van der Waals surface area contributed by atoms with Crippen LogP contribution in [0.25, 0.3) is 0 Å². The summed E-state index contributed by atoms with van der Waals surface area (Å²) in [4.78, 5) is 12.4. The maximum atomic E-state index is 12.4. The minimum atomic E-state index is -0.154. The van der Waals surface area contributed by atoms with Crippen molar-refractivity contribution >= 4 is 34.7 Å². The maximum absolute atomic E-state index is 12.4. The molecule has 0 aliphatic rings. The van der Waals surface area contributed by atoms with E-state index in [2.05, 4.69) is 21.6 Å². The minimum Gasteiger partial charge on any atom is -0.325 e. The molecule has 21 heavy (non-hydrogen) atoms. The van der Waals surface area contributed by atoms with E-state index in [4.69, 9.17) is 0 Å². The number of anilines is 1. The predicted octanol–water partition coefficient (Wildman–Crippen LogP) is 3.97. The number of benzene rings is 1. The van der Waals surface area contributed by atoms with Gasteiger partial charge in [-0.3, -0.25) is 4.79 Å². The Morgan fingerprint density at radius 3 is 2.43 bits per heavy atom. The van der Waals surface area contributed by atoms with Gasteiger partial charge in [-0.15, -0.1) is 10.2 Å². The standard InChI is InChI=1S/C15H19N3OS2/c1-5-13(21-15-18-17-11(4)20-15)14(19)16-12-7-9(2)6-10(3)8-12/h6-8,13H,5H2,1-4H3,(H,16,19). The summed E-state index contributed by atoms with van der Waals surface area (Å²) in [5, 5.41) is 11.8. The number of nitrogens with one attached hydrogen (secondary N) is 1. The Bertz CT molecular complexity index is 619. The van der Waals surface area contributed by atoms with E-state index in [1.807, 2.05) is 39.8 Å². The zero-order chi connectivity index (χ0) is 15.4. The van der Waals surface area contributed by atoms with Crippen molar-refractivity contribution in [1.29, 1.82) is 0 Å². The van der Waals surface area contributed by atoms with Gasteiger partial charge >= 0.3 is 0 Å². The number of aromatic nitrogens is 2. The van der Waals surface area contributed by atoms with Gasteiger partial charge in [0.05, 0.1) is 5.25 Å². The zero-order valence-corrected chi connectivity index (χ0v) is 14.3. The first-order valence-corrected chi connectivity index (χ1v) is 8.53. The number of nitrogens with zero attached hydrogens (tertiary/aromatic N) is 2. The second-order valence-electron chi connectivity index (χ2n) is 4.97. The highest BCUT2D eigenvalue weighted by molar-refractivity contribution is 8.02. The largest absolute Gasteiger partial charge is 0.325 e. The molecule has 112 valence electrons. The molecule has 0 saturated carbocycles. The molecule has 2 rings (SSSR count). The predicted molar refractivity (Wildman–Crippen MR) is 89.1 cm³/mol. The maximum Gasteiger partial charge on any atom is 0.237 e. The zero-order valence-electron chi connectivity index (χ0n) is 12.6. The van der Waals surface area contributed by atoms with Gasteiger partial charge in [-0.05, 0) is 50.5 Å². The number of carbonyl (C=O) groups is 1. The van der Waals surface area contributed by atoms with Crippen molar-refractivity contribution in [2.75, 3.05) is 5.32 Å². The average molecular weight is 321 g/mol. The number of aryl methyl sites for hydroxylation is 3. The van der Waals surface area contributed by atoms with Gasteiger partial charge in [0, 0.05) is 5.69 Å². The van der Waals surface area contributed by atoms with E-state index in [0.29, 0.717) is 0 Å². The Morgan fingerprint density at radius 2 is 1.90 bits per heavy atom. The van der Waals surface area contributed by atoms with Crippen LogP contribution in [0, 0.1) is 20.8 Å². The first-order chi connectivity index (χ1) is 9.97. The Morgan fingerprint density at radius 1 is 1.24 bits per heavy atom. The first kappa shape index (κ1) is 16.0. The molecule has 0 bridgehead atoms. The van der Waals surface area contributed by atoms with Crippen molar-refractivity contribution in [2.24, 2.45) is 0 Å². The molecular formula is C15H19N3OS2. The van der Waals surface area contributed by atoms with Gasteiger partial charge in [-0.2, -0.15) is 0 Å². The van der Waals surface area contributed by atoms with Crippen LogP contribution in [0.5, 0.6) is 0 Å². The van der Waals surface area contributed by atoms with E-state index in [1.165, 1.54) is 23.1 Å². The van der Waals surface area contributed by atoms with E-state index in [0.717, 1.165) is 32.6 Å². The first-order valence-electron chi connectivity index (χ1n) is 6.84. The van der Waals surface area contributed by atoms with E-state index in [9.17, 15) is 4.79 Å². The van der Waals surface area contributed by atoms with Crippen LogP contribution in [0.15, 0.2) is 22.5 Å². The van der Waals surface area contributed by atoms with Crippen LogP contribution in [0.3, 0.4) is 0 Å². The molecule has 1 amide bonds. The molecule has 0 saturated heterocycles. The quantitative estimate of drug-likeness (QED) is 0.847. The van der Waals surface area contributed by atoms with Crippen molar-refractivity contribution in [3.8, 4) is 0 Å². The van der Waals surface area contributed by atoms with Crippen molar-refractivity contribution in [3.63, 3.8) is 0 Å². The fourth-order valence-electron chi connectivity index (χ4n) is 2.04. The molecule has 0 aliphatic carbocycles. The number of rotatable bonds is 5. The number of thioether (sulfide) groups is 1. The molecular weight excluding hydrogens is 302 g/mol. The third kappa shape index (κ3) is 4.54. The van der Waals surface area contributed by atoms with Crippen LogP contribution < -0.4 is 5.32 Å². The molecule has 1 aromatic heterocycles. The van der Waals surface area contributed by atoms with Gasteiger partial charge in [0.25, 0.3) is 0 Å². The number of hydrogen-bond acceptors (Lipinski definition) is 5. The van der Waals surface area contributed by atoms with Crippen LogP contribution in [0.2, 0.25) is 0 Å². The lowest BCUT2D eigenvalue weighted by Crippen LogP contribution is -2.24. The summed E-state index contributed by atoms with van der Waals surface area (Å²) in [7, 11) is 0. The molecule has 0 spiro atoms. The third-order valence-electron chi connectivity index (χ3n) is 2.90. The number of amides is 1. The lowest BCUT2D eigenvalue weighted by atomic mass is 10.1. The fourth-order valence-corrected chi connectivity index (χ4v) is 4.02. The topological polar surface area (TPSA) is 54.9 Å². The van der Waals surface area contributed by atoms with Crippen LogP contribution in [-0.4, -0.2) is 21.4 Å². The second kappa shape index (κ2) is 7.04. The molecule has 0 radical (unpaired) electrons. The highest BCUT2D eigenvalue weighted by Gasteiger charge is 2.20. The molecule has 1 N–H and O–H groups in total. The number of carbonyl (C=O) groups excluding carboxylic acids is 1. The molecule has 6 heteroatoms. The Balaban J connectivity index is 2.05. The highest BCUT2D eigenvalue weighted by atomic mass is 32.2. The minimum absolute atomic E-state index is 0.0142. The molecule has 1 atom stereocenters. The summed E-state index contributed by atoms with van der Waals surface area (Å²) >= 11 is 3.00. The normalized spacial score (nSPS) is 12.2. The lowest BCUT2D eigenvalue weighted by molar-refractivity contribution is -0.115. The summed E-state index contributed by atoms with van der Waals surface area (Å²) < 4.78 is 0.843. The Kier molecular flexibility index (Phi) is 5.36. The fraction of sp³-hybridized carbons (Fsp3) is 0.400. The summed E-state index contributed by atoms with van der Waals surface area (Å²) in [6.45, 7) is 7.97. The van der Waals surface area contributed by atoms with Gasteiger partial charge in [0.2, 0.25) is 5.91 Å². The van der Waals surface area contributed by atoms with Gasteiger partial charge in [0.15, 0.2) is 4.34 Å². The van der Waals surface area contributed by atoms with Crippen LogP contribution in [-0.2, 0) is 4.79 Å². The van der Waals surface area contributed by atoms with Crippen LogP contribution in [0.1, 0.15) is 29.5 Å². The lowest BCUT2D eigenvalue weighted by Gasteiger charge is -2.14. The summed E-state index contributed by atoms with van der Waals surface area (Å²) in [6, 6.07) is 6.06. The van der Waals surface area contributed by atoms with Crippen LogP contribution in [0.4, 0.5) is 5.69 Å². The van der Waals surface area contributed by atoms with E-state index in [1.54, 1.807) is 0 Å². The van der Waals surface area contributed by atoms with E-state index in [-0.39, 0.29) is 11.2 Å². The van der Waals surface area contributed by atoms with Gasteiger partial charge in [0.1, 0.15) is 5.01 Å². The third-order valence-corrected chi connectivity index (χ3v) is 5.19. The molecule has 0 aliphatic heterocycles. The Hall–Kier alpha value is -1.40. The average Bonchev–Trinajstić information content (AvgIpc) is 2.80. The van der Waals surface area contributed by atoms with E-state index < -0.39 is 0 Å². The molecule has 0 fully saturated rings. The van der Waals surface area contributed by atoms with Gasteiger partial charge in [-0.25, -0.2) is 0 Å². The van der Waals surface area contributed by atoms with Crippen molar-refractivity contribution < 1.29 is 4.79 Å². The highest BCUT2D eigenvalue weighted by Crippen LogP contribution is 2.29. The summed E-state index contributed by atoms with van der Waals surface area (Å²) in [6.07, 6.45) is 0.750. The van der Waals surface area contributed by atoms with Crippen molar-refractivity contribution in [3.05, 3.63) is 34.3 Å². The smallest absolute Gasteiger partial charge is 0.237 e. The molecule has 2 aromatic rings. The van der Waals surface area contributed by atoms with Crippen molar-refractivity contribution in [2.45, 2.75) is 43.7 Å². The SMILES string of the molecule is CCC(Sc1nnc(C)s1)C(=O)Nc1cc(C)cc(C)c1. The van der Waals surface area contributed by atoms with Gasteiger partial charge < -0.3 is 5.32 Å². The second-order valence-corrected chi connectivity index (χ2v) is 7.60. The molecule has 4 nitrogen and oxygen atoms in total. The Labute approximate surface area is 133 Å². The molecule has 1 unspecified atom stereocenters. The summed E-state index contributed by atoms with van der Waals surface area (Å²) in [5.41, 5.74) is 3.14. The monoisotopic (exact) mass is 321 g/mol. The van der Waals surface area contributed by atoms with Gasteiger partial charge in [-0.1, -0.05) is 36.1 Å². The molecule has 1 heterocycles. The van der Waals surface area contributed by atoms with Crippen LogP contribution >= 0.6 is 23.1 Å². The van der Waals surface area contributed by atoms with Crippen molar-refractivity contribution in [1.82, 2.24) is 10.2 Å². The van der Waals surface area contributed by atoms with E-state index >= 15 is 0 Å².